The molecule has 204 valence electrons. The molecule has 0 aromatic heterocycles. The van der Waals surface area contributed by atoms with E-state index in [1.807, 2.05) is 57.9 Å². The molecule has 0 saturated carbocycles. The highest BCUT2D eigenvalue weighted by Gasteiger charge is 2.44. The highest BCUT2D eigenvalue weighted by atomic mass is 31.2. The van der Waals surface area contributed by atoms with Gasteiger partial charge in [-0.3, -0.25) is 14.7 Å². The highest BCUT2D eigenvalue weighted by Crippen LogP contribution is 2.56. The van der Waals surface area contributed by atoms with Gasteiger partial charge in [-0.25, -0.2) is 14.4 Å². The van der Waals surface area contributed by atoms with Crippen LogP contribution < -0.4 is 5.09 Å². The summed E-state index contributed by atoms with van der Waals surface area (Å²) in [5.41, 5.74) is 2.37. The van der Waals surface area contributed by atoms with E-state index in [0.29, 0.717) is 31.7 Å². The van der Waals surface area contributed by atoms with Gasteiger partial charge >= 0.3 is 0 Å². The van der Waals surface area contributed by atoms with Gasteiger partial charge in [0.15, 0.2) is 0 Å². The average Bonchev–Trinajstić information content (AvgIpc) is 3.30. The summed E-state index contributed by atoms with van der Waals surface area (Å²) in [7, 11) is -3.53. The second kappa shape index (κ2) is 11.2. The number of nitrogens with one attached hydrogen (secondary N) is 1. The summed E-state index contributed by atoms with van der Waals surface area (Å²) in [6, 6.07) is 35.6. The minimum Gasteiger partial charge on any atom is -0.270 e. The van der Waals surface area contributed by atoms with Crippen LogP contribution in [-0.2, 0) is 17.7 Å². The van der Waals surface area contributed by atoms with Gasteiger partial charge in [0.05, 0.1) is 11.0 Å². The Morgan fingerprint density at radius 3 is 1.85 bits per heavy atom. The zero-order chi connectivity index (χ0) is 28.4. The maximum absolute atomic E-state index is 15.2. The summed E-state index contributed by atoms with van der Waals surface area (Å²) in [5, 5.41) is 29.2. The largest absolute Gasteiger partial charge is 0.286 e. The van der Waals surface area contributed by atoms with Crippen LogP contribution in [0.5, 0.6) is 0 Å². The van der Waals surface area contributed by atoms with Crippen molar-refractivity contribution in [1.29, 1.82) is 5.26 Å². The summed E-state index contributed by atoms with van der Waals surface area (Å²) in [5.74, 6) is 0. The van der Waals surface area contributed by atoms with Crippen LogP contribution in [0.2, 0.25) is 0 Å². The van der Waals surface area contributed by atoms with Crippen molar-refractivity contribution in [3.8, 4) is 6.07 Å². The van der Waals surface area contributed by atoms with Crippen LogP contribution in [0, 0.1) is 21.4 Å². The van der Waals surface area contributed by atoms with Crippen LogP contribution in [0.4, 0.5) is 5.69 Å². The molecule has 0 spiro atoms. The van der Waals surface area contributed by atoms with Crippen molar-refractivity contribution in [2.45, 2.75) is 19.1 Å². The molecule has 1 aliphatic rings. The third kappa shape index (κ3) is 5.24. The average molecular weight is 562 g/mol. The Morgan fingerprint density at radius 2 is 1.32 bits per heavy atom. The van der Waals surface area contributed by atoms with Crippen molar-refractivity contribution in [3.05, 3.63) is 136 Å². The first-order valence-electron chi connectivity index (χ1n) is 13.4. The van der Waals surface area contributed by atoms with Gasteiger partial charge < -0.3 is 0 Å². The number of rotatable bonds is 8. The van der Waals surface area contributed by atoms with E-state index >= 15 is 4.57 Å². The van der Waals surface area contributed by atoms with Gasteiger partial charge in [0.25, 0.3) is 13.3 Å². The van der Waals surface area contributed by atoms with E-state index in [0.717, 1.165) is 32.7 Å². The lowest BCUT2D eigenvalue weighted by molar-refractivity contribution is -0.384. The predicted octanol–water partition coefficient (Wildman–Crippen LogP) is 7.18. The molecule has 0 amide bonds. The molecule has 1 heterocycles. The molecule has 8 nitrogen and oxygen atoms in total. The van der Waals surface area contributed by atoms with Gasteiger partial charge in [0.1, 0.15) is 6.04 Å². The first-order chi connectivity index (χ1) is 20.0. The topological polar surface area (TPSA) is 103 Å². The lowest BCUT2D eigenvalue weighted by Crippen LogP contribution is -2.31. The van der Waals surface area contributed by atoms with Crippen molar-refractivity contribution in [3.63, 3.8) is 0 Å². The van der Waals surface area contributed by atoms with E-state index in [9.17, 15) is 15.4 Å². The first kappa shape index (κ1) is 26.8. The number of hydrogen-bond acceptors (Lipinski definition) is 4. The van der Waals surface area contributed by atoms with E-state index < -0.39 is 18.6 Å². The molecule has 1 aliphatic heterocycles. The molecule has 0 aliphatic carbocycles. The van der Waals surface area contributed by atoms with Gasteiger partial charge in [-0.15, -0.1) is 0 Å². The normalized spacial score (nSPS) is 16.1. The summed E-state index contributed by atoms with van der Waals surface area (Å²) >= 11 is 0. The molecule has 1 fully saturated rings. The quantitative estimate of drug-likeness (QED) is 0.122. The van der Waals surface area contributed by atoms with Crippen molar-refractivity contribution in [2.24, 2.45) is 0 Å². The number of nitriles is 1. The Kier molecular flexibility index (Phi) is 7.36. The summed E-state index contributed by atoms with van der Waals surface area (Å²) in [6.07, 6.45) is 0. The van der Waals surface area contributed by atoms with Crippen molar-refractivity contribution < 1.29 is 9.49 Å². The maximum atomic E-state index is 15.2. The number of nitro groups is 1. The van der Waals surface area contributed by atoms with Gasteiger partial charge in [0.2, 0.25) is 0 Å². The number of fused-ring (bicyclic) bond motifs is 2. The third-order valence-corrected chi connectivity index (χ3v) is 10.5. The fourth-order valence-corrected chi connectivity index (χ4v) is 8.25. The van der Waals surface area contributed by atoms with Gasteiger partial charge in [0, 0.05) is 38.3 Å². The van der Waals surface area contributed by atoms with E-state index in [4.69, 9.17) is 0 Å². The van der Waals surface area contributed by atoms with Crippen LogP contribution >= 0.6 is 7.59 Å². The van der Waals surface area contributed by atoms with Gasteiger partial charge in [-0.2, -0.15) is 5.26 Å². The number of benzene rings is 5. The minimum absolute atomic E-state index is 0.116. The monoisotopic (exact) mass is 561 g/mol. The second-order valence-corrected chi connectivity index (χ2v) is 12.6. The van der Waals surface area contributed by atoms with E-state index in [1.54, 1.807) is 12.1 Å². The molecule has 0 radical (unpaired) electrons. The standard InChI is InChI=1S/C32H28N5O3P/c33-21-32(26-12-7-15-29(20-26)37(38)39)34-41(40)35(22-27-13-5-10-24-8-1-3-16-30(24)27)18-19-36(41)23-28-14-6-11-25-9-2-4-17-31(25)28/h1-17,20,32H,18-19,22-23H2,(H,34,40)/t32-/m1/s1. The first-order valence-corrected chi connectivity index (χ1v) is 15.0. The fraction of sp³-hybridized carbons (Fsp3) is 0.156. The summed E-state index contributed by atoms with van der Waals surface area (Å²) in [4.78, 5) is 10.9. The molecule has 1 saturated heterocycles. The molecule has 5 aromatic carbocycles. The zero-order valence-corrected chi connectivity index (χ0v) is 23.2. The Hall–Kier alpha value is -4.38. The Labute approximate surface area is 238 Å². The Morgan fingerprint density at radius 1 is 0.805 bits per heavy atom. The maximum Gasteiger partial charge on any atom is 0.286 e. The SMILES string of the molecule is N#C[C@@H](NP1(=O)N(Cc2cccc3ccccc23)CCN1Cc1cccc2ccccc12)c1cccc([N+](=O)[O-])c1. The van der Waals surface area contributed by atoms with E-state index in [1.165, 1.54) is 12.1 Å². The number of non-ortho nitro benzene ring substituents is 1. The number of nitro benzene ring substituents is 1. The van der Waals surface area contributed by atoms with Crippen molar-refractivity contribution in [2.75, 3.05) is 13.1 Å². The summed E-state index contributed by atoms with van der Waals surface area (Å²) < 4.78 is 19.0. The molecule has 5 aromatic rings. The molecule has 6 rings (SSSR count). The lowest BCUT2D eigenvalue weighted by Gasteiger charge is -2.33. The van der Waals surface area contributed by atoms with E-state index in [2.05, 4.69) is 47.6 Å². The molecule has 0 bridgehead atoms. The number of nitrogens with zero attached hydrogens (tertiary/aromatic N) is 4. The molecule has 1 N–H and O–H groups in total. The second-order valence-electron chi connectivity index (χ2n) is 10.1. The zero-order valence-electron chi connectivity index (χ0n) is 22.3. The molecular weight excluding hydrogens is 533 g/mol. The molecule has 41 heavy (non-hydrogen) atoms. The highest BCUT2D eigenvalue weighted by molar-refractivity contribution is 7.57. The van der Waals surface area contributed by atoms with Crippen molar-refractivity contribution >= 4 is 34.8 Å². The lowest BCUT2D eigenvalue weighted by atomic mass is 10.0. The van der Waals surface area contributed by atoms with Gasteiger partial charge in [-0.05, 0) is 38.2 Å². The van der Waals surface area contributed by atoms with Crippen LogP contribution in [0.15, 0.2) is 109 Å². The minimum atomic E-state index is -3.53. The molecular formula is C32H28N5O3P. The smallest absolute Gasteiger partial charge is 0.270 e. The molecule has 1 atom stereocenters. The fourth-order valence-electron chi connectivity index (χ4n) is 5.61. The summed E-state index contributed by atoms with van der Waals surface area (Å²) in [6.45, 7) is 1.91. The van der Waals surface area contributed by atoms with Crippen LogP contribution in [0.25, 0.3) is 21.5 Å². The third-order valence-electron chi connectivity index (χ3n) is 7.69. The van der Waals surface area contributed by atoms with Crippen molar-refractivity contribution in [1.82, 2.24) is 14.4 Å². The van der Waals surface area contributed by atoms with Crippen LogP contribution in [0.1, 0.15) is 22.7 Å². The number of hydrogen-bond donors (Lipinski definition) is 1. The predicted molar refractivity (Wildman–Crippen MR) is 161 cm³/mol. The Bertz CT molecular complexity index is 1750. The van der Waals surface area contributed by atoms with E-state index in [-0.39, 0.29) is 5.69 Å². The van der Waals surface area contributed by atoms with Crippen LogP contribution in [-0.4, -0.2) is 27.4 Å². The van der Waals surface area contributed by atoms with Gasteiger partial charge in [-0.1, -0.05) is 97.1 Å². The Balaban J connectivity index is 1.39. The molecule has 9 heteroatoms. The molecule has 0 unspecified atom stereocenters. The van der Waals surface area contributed by atoms with Crippen LogP contribution in [0.3, 0.4) is 0 Å².